The van der Waals surface area contributed by atoms with Crippen LogP contribution in [0, 0.1) is 0 Å². The zero-order valence-corrected chi connectivity index (χ0v) is 24.6. The Morgan fingerprint density at radius 3 is 2.19 bits per heavy atom. The summed E-state index contributed by atoms with van der Waals surface area (Å²) in [5.41, 5.74) is 3.76. The number of benzene rings is 3. The molecule has 5 rings (SSSR count). The predicted octanol–water partition coefficient (Wildman–Crippen LogP) is 3.99. The first-order chi connectivity index (χ1) is 20.8. The first-order valence-corrected chi connectivity index (χ1v) is 15.5. The number of carboxylic acid groups (broad SMARTS) is 1. The van der Waals surface area contributed by atoms with Crippen molar-refractivity contribution in [3.63, 3.8) is 0 Å². The number of hydrogen-bond acceptors (Lipinski definition) is 7. The maximum absolute atomic E-state index is 13.9. The first-order valence-electron chi connectivity index (χ1n) is 14.1. The Morgan fingerprint density at radius 1 is 0.884 bits per heavy atom. The largest absolute Gasteiger partial charge is 0.476 e. The Labute approximate surface area is 251 Å². The molecule has 1 fully saturated rings. The molecule has 11 heteroatoms. The van der Waals surface area contributed by atoms with E-state index in [1.807, 2.05) is 54.6 Å². The summed E-state index contributed by atoms with van der Waals surface area (Å²) in [6.07, 6.45) is 4.48. The maximum Gasteiger partial charge on any atom is 0.356 e. The van der Waals surface area contributed by atoms with E-state index in [2.05, 4.69) is 22.2 Å². The number of rotatable bonds is 10. The Balaban J connectivity index is 1.38. The van der Waals surface area contributed by atoms with Gasteiger partial charge in [0, 0.05) is 26.2 Å². The van der Waals surface area contributed by atoms with Crippen molar-refractivity contribution in [3.8, 4) is 11.1 Å². The second kappa shape index (κ2) is 13.1. The minimum atomic E-state index is -4.04. The molecule has 0 saturated carbocycles. The molecule has 1 aliphatic heterocycles. The number of amides is 1. The summed E-state index contributed by atoms with van der Waals surface area (Å²) >= 11 is 0. The standard InChI is InChI=1S/C32H33N5O5S/c1-2-6-23-9-11-24(12-10-23)19-35-31(38)29-22-36(30-21-33-28(20-34-30)32(39)40)17-18-37(29)43(41,42)27-15-13-26(14-16-27)25-7-4-3-5-8-25/h3-5,7-16,20-21,29H,2,6,17-19,22H2,1H3,(H,35,38)(H,39,40)/t29-/m1/s1. The molecule has 0 radical (unpaired) electrons. The van der Waals surface area contributed by atoms with Crippen LogP contribution in [0.3, 0.4) is 0 Å². The molecule has 222 valence electrons. The number of anilines is 1. The second-order valence-electron chi connectivity index (χ2n) is 10.3. The number of carbonyl (C=O) groups is 2. The van der Waals surface area contributed by atoms with E-state index < -0.39 is 27.9 Å². The van der Waals surface area contributed by atoms with Gasteiger partial charge in [0.1, 0.15) is 11.9 Å². The number of aryl methyl sites for hydroxylation is 1. The van der Waals surface area contributed by atoms with Crippen LogP contribution in [0.2, 0.25) is 0 Å². The molecule has 0 unspecified atom stereocenters. The van der Waals surface area contributed by atoms with Crippen molar-refractivity contribution in [3.05, 3.63) is 108 Å². The van der Waals surface area contributed by atoms with Crippen LogP contribution in [0.5, 0.6) is 0 Å². The number of sulfonamides is 1. The van der Waals surface area contributed by atoms with Crippen molar-refractivity contribution in [2.24, 2.45) is 0 Å². The summed E-state index contributed by atoms with van der Waals surface area (Å²) in [4.78, 5) is 34.8. The highest BCUT2D eigenvalue weighted by Gasteiger charge is 2.40. The predicted molar refractivity (Wildman–Crippen MR) is 163 cm³/mol. The molecule has 1 atom stereocenters. The molecule has 4 aromatic rings. The molecule has 0 bridgehead atoms. The van der Waals surface area contributed by atoms with Gasteiger partial charge in [-0.1, -0.05) is 80.1 Å². The van der Waals surface area contributed by atoms with Gasteiger partial charge in [0.15, 0.2) is 5.69 Å². The Bertz CT molecular complexity index is 1660. The van der Waals surface area contributed by atoms with Gasteiger partial charge in [-0.3, -0.25) is 4.79 Å². The number of piperazine rings is 1. The van der Waals surface area contributed by atoms with E-state index in [0.717, 1.165) is 35.7 Å². The van der Waals surface area contributed by atoms with Crippen molar-refractivity contribution in [2.45, 2.75) is 37.2 Å². The third kappa shape index (κ3) is 6.90. The van der Waals surface area contributed by atoms with Crippen LogP contribution in [-0.2, 0) is 27.8 Å². The third-order valence-electron chi connectivity index (χ3n) is 7.41. The van der Waals surface area contributed by atoms with Crippen LogP contribution in [0.1, 0.15) is 35.0 Å². The summed E-state index contributed by atoms with van der Waals surface area (Å²) in [7, 11) is -4.04. The Kier molecular flexibility index (Phi) is 9.13. The number of carboxylic acids is 1. The fraction of sp³-hybridized carbons (Fsp3) is 0.250. The monoisotopic (exact) mass is 599 g/mol. The molecule has 2 N–H and O–H groups in total. The van der Waals surface area contributed by atoms with Gasteiger partial charge < -0.3 is 15.3 Å². The van der Waals surface area contributed by atoms with Crippen molar-refractivity contribution < 1.29 is 23.1 Å². The molecular weight excluding hydrogens is 566 g/mol. The summed E-state index contributed by atoms with van der Waals surface area (Å²) in [5, 5.41) is 12.1. The second-order valence-corrected chi connectivity index (χ2v) is 12.2. The van der Waals surface area contributed by atoms with Gasteiger partial charge in [-0.2, -0.15) is 4.31 Å². The lowest BCUT2D eigenvalue weighted by molar-refractivity contribution is -0.125. The van der Waals surface area contributed by atoms with Crippen LogP contribution < -0.4 is 10.2 Å². The van der Waals surface area contributed by atoms with E-state index in [9.17, 15) is 18.0 Å². The average molecular weight is 600 g/mol. The Morgan fingerprint density at radius 2 is 1.56 bits per heavy atom. The van der Waals surface area contributed by atoms with Crippen LogP contribution in [0.4, 0.5) is 5.82 Å². The Hall–Kier alpha value is -4.61. The summed E-state index contributed by atoms with van der Waals surface area (Å²) in [6, 6.07) is 23.2. The van der Waals surface area contributed by atoms with Crippen LogP contribution in [0.25, 0.3) is 11.1 Å². The minimum absolute atomic E-state index is 0.0176. The van der Waals surface area contributed by atoms with Crippen molar-refractivity contribution in [1.29, 1.82) is 0 Å². The highest BCUT2D eigenvalue weighted by Crippen LogP contribution is 2.27. The molecule has 43 heavy (non-hydrogen) atoms. The quantitative estimate of drug-likeness (QED) is 0.280. The highest BCUT2D eigenvalue weighted by molar-refractivity contribution is 7.89. The van der Waals surface area contributed by atoms with E-state index in [1.165, 1.54) is 16.1 Å². The van der Waals surface area contributed by atoms with Gasteiger partial charge in [-0.25, -0.2) is 23.2 Å². The summed E-state index contributed by atoms with van der Waals surface area (Å²) in [5.74, 6) is -1.28. The molecular formula is C32H33N5O5S. The maximum atomic E-state index is 13.9. The van der Waals surface area contributed by atoms with E-state index in [1.54, 1.807) is 29.2 Å². The lowest BCUT2D eigenvalue weighted by Gasteiger charge is -2.40. The van der Waals surface area contributed by atoms with Crippen LogP contribution >= 0.6 is 0 Å². The number of nitrogens with one attached hydrogen (secondary N) is 1. The molecule has 3 aromatic carbocycles. The molecule has 10 nitrogen and oxygen atoms in total. The lowest BCUT2D eigenvalue weighted by Crippen LogP contribution is -2.60. The van der Waals surface area contributed by atoms with E-state index in [-0.39, 0.29) is 36.8 Å². The normalized spacial score (nSPS) is 15.7. The molecule has 1 amide bonds. The van der Waals surface area contributed by atoms with Crippen LogP contribution in [0.15, 0.2) is 96.2 Å². The number of hydrogen-bond donors (Lipinski definition) is 2. The molecule has 1 aliphatic rings. The van der Waals surface area contributed by atoms with Gasteiger partial charge in [0.25, 0.3) is 0 Å². The first kappa shape index (κ1) is 29.9. The smallest absolute Gasteiger partial charge is 0.356 e. The van der Waals surface area contributed by atoms with Crippen molar-refractivity contribution in [2.75, 3.05) is 24.5 Å². The van der Waals surface area contributed by atoms with Crippen molar-refractivity contribution in [1.82, 2.24) is 19.6 Å². The van der Waals surface area contributed by atoms with E-state index >= 15 is 0 Å². The lowest BCUT2D eigenvalue weighted by atomic mass is 10.1. The molecule has 0 spiro atoms. The van der Waals surface area contributed by atoms with Gasteiger partial charge in [0.05, 0.1) is 17.3 Å². The summed E-state index contributed by atoms with van der Waals surface area (Å²) < 4.78 is 29.1. The fourth-order valence-electron chi connectivity index (χ4n) is 5.08. The van der Waals surface area contributed by atoms with Gasteiger partial charge in [0.2, 0.25) is 15.9 Å². The molecule has 1 saturated heterocycles. The van der Waals surface area contributed by atoms with E-state index in [4.69, 9.17) is 5.11 Å². The van der Waals surface area contributed by atoms with Crippen molar-refractivity contribution >= 4 is 27.7 Å². The third-order valence-corrected chi connectivity index (χ3v) is 9.33. The van der Waals surface area contributed by atoms with Crippen LogP contribution in [-0.4, -0.2) is 65.4 Å². The average Bonchev–Trinajstić information content (AvgIpc) is 3.04. The topological polar surface area (TPSA) is 133 Å². The number of carbonyl (C=O) groups excluding carboxylic acids is 1. The van der Waals surface area contributed by atoms with Gasteiger partial charge in [-0.05, 0) is 40.8 Å². The zero-order valence-electron chi connectivity index (χ0n) is 23.8. The number of aromatic carboxylic acids is 1. The highest BCUT2D eigenvalue weighted by atomic mass is 32.2. The number of aromatic nitrogens is 2. The van der Waals surface area contributed by atoms with E-state index in [0.29, 0.717) is 5.82 Å². The fourth-order valence-corrected chi connectivity index (χ4v) is 6.65. The SMILES string of the molecule is CCCc1ccc(CNC(=O)[C@H]2CN(c3cnc(C(=O)O)cn3)CCN2S(=O)(=O)c2ccc(-c3ccccc3)cc2)cc1. The van der Waals surface area contributed by atoms with Gasteiger partial charge in [-0.15, -0.1) is 0 Å². The molecule has 1 aromatic heterocycles. The van der Waals surface area contributed by atoms with Gasteiger partial charge >= 0.3 is 5.97 Å². The molecule has 0 aliphatic carbocycles. The number of nitrogens with zero attached hydrogens (tertiary/aromatic N) is 4. The summed E-state index contributed by atoms with van der Waals surface area (Å²) in [6.45, 7) is 2.64. The molecule has 2 heterocycles. The minimum Gasteiger partial charge on any atom is -0.476 e. The zero-order chi connectivity index (χ0) is 30.4.